The fraction of sp³-hybridized carbons (Fsp3) is 0.250. The minimum absolute atomic E-state index is 0.208. The van der Waals surface area contributed by atoms with E-state index in [0.717, 1.165) is 28.9 Å². The van der Waals surface area contributed by atoms with Gasteiger partial charge in [-0.2, -0.15) is 0 Å². The minimum atomic E-state index is -0.251. The van der Waals surface area contributed by atoms with Crippen molar-refractivity contribution in [3.8, 4) is 0 Å². The summed E-state index contributed by atoms with van der Waals surface area (Å²) in [5.41, 5.74) is 2.79. The van der Waals surface area contributed by atoms with Gasteiger partial charge in [-0.25, -0.2) is 0 Å². The molecule has 2 aliphatic rings. The lowest BCUT2D eigenvalue weighted by atomic mass is 10.0. The van der Waals surface area contributed by atoms with Gasteiger partial charge in [-0.1, -0.05) is 6.07 Å². The highest BCUT2D eigenvalue weighted by Crippen LogP contribution is 2.39. The van der Waals surface area contributed by atoms with Gasteiger partial charge in [0.2, 0.25) is 0 Å². The molecule has 0 aliphatic carbocycles. The van der Waals surface area contributed by atoms with Gasteiger partial charge in [-0.3, -0.25) is 4.79 Å². The highest BCUT2D eigenvalue weighted by Gasteiger charge is 2.30. The van der Waals surface area contributed by atoms with Gasteiger partial charge in [-0.15, -0.1) is 10.2 Å². The first kappa shape index (κ1) is 9.07. The molecule has 0 amide bonds. The molecule has 0 bridgehead atoms. The normalized spacial score (nSPS) is 20.4. The first-order chi connectivity index (χ1) is 8.34. The summed E-state index contributed by atoms with van der Waals surface area (Å²) in [7, 11) is 0. The Bertz CT molecular complexity index is 698. The Morgan fingerprint density at radius 1 is 1.29 bits per heavy atom. The molecule has 0 radical (unpaired) electrons. The second kappa shape index (κ2) is 3.01. The first-order valence-electron chi connectivity index (χ1n) is 5.64. The fourth-order valence-electron chi connectivity index (χ4n) is 2.75. The molecular formula is C12H10N4O. The maximum Gasteiger partial charge on any atom is 0.296 e. The molecule has 3 heterocycles. The highest BCUT2D eigenvalue weighted by molar-refractivity contribution is 5.99. The number of hydrogen-bond acceptors (Lipinski definition) is 5. The molecule has 0 spiro atoms. The average Bonchev–Trinajstić information content (AvgIpc) is 2.67. The number of nitrogens with one attached hydrogen (secondary N) is 2. The van der Waals surface area contributed by atoms with Crippen LogP contribution in [0.4, 0.5) is 5.69 Å². The topological polar surface area (TPSA) is 66.9 Å². The van der Waals surface area contributed by atoms with Crippen molar-refractivity contribution in [1.82, 2.24) is 15.5 Å². The maximum atomic E-state index is 11.9. The molecule has 0 saturated heterocycles. The van der Waals surface area contributed by atoms with Crippen LogP contribution in [0.3, 0.4) is 0 Å². The average molecular weight is 226 g/mol. The van der Waals surface area contributed by atoms with Crippen molar-refractivity contribution in [3.63, 3.8) is 0 Å². The first-order valence-corrected chi connectivity index (χ1v) is 5.64. The van der Waals surface area contributed by atoms with Crippen molar-refractivity contribution in [1.29, 1.82) is 0 Å². The minimum Gasteiger partial charge on any atom is -0.376 e. The van der Waals surface area contributed by atoms with Crippen LogP contribution in [0.2, 0.25) is 0 Å². The quantitative estimate of drug-likeness (QED) is 0.687. The van der Waals surface area contributed by atoms with Gasteiger partial charge in [0.15, 0.2) is 0 Å². The van der Waals surface area contributed by atoms with E-state index in [9.17, 15) is 4.79 Å². The predicted molar refractivity (Wildman–Crippen MR) is 63.9 cm³/mol. The van der Waals surface area contributed by atoms with Crippen LogP contribution in [0.25, 0.3) is 10.8 Å². The van der Waals surface area contributed by atoms with Gasteiger partial charge in [0.1, 0.15) is 0 Å². The van der Waals surface area contributed by atoms with E-state index in [4.69, 9.17) is 0 Å². The van der Waals surface area contributed by atoms with Gasteiger partial charge >= 0.3 is 0 Å². The van der Waals surface area contributed by atoms with Crippen LogP contribution in [0, 0.1) is 0 Å². The lowest BCUT2D eigenvalue weighted by molar-refractivity contribution is 0.572. The van der Waals surface area contributed by atoms with Crippen molar-refractivity contribution in [2.24, 2.45) is 0 Å². The van der Waals surface area contributed by atoms with E-state index in [1.54, 1.807) is 0 Å². The monoisotopic (exact) mass is 226 g/mol. The van der Waals surface area contributed by atoms with Gasteiger partial charge in [0.05, 0.1) is 17.1 Å². The Hall–Kier alpha value is -2.01. The summed E-state index contributed by atoms with van der Waals surface area (Å²) >= 11 is 0. The zero-order chi connectivity index (χ0) is 11.4. The van der Waals surface area contributed by atoms with Crippen LogP contribution in [0.15, 0.2) is 23.0 Å². The lowest BCUT2D eigenvalue weighted by Gasteiger charge is -2.20. The van der Waals surface area contributed by atoms with Gasteiger partial charge in [0, 0.05) is 29.7 Å². The Morgan fingerprint density at radius 2 is 2.24 bits per heavy atom. The molecule has 2 aliphatic heterocycles. The van der Waals surface area contributed by atoms with Crippen molar-refractivity contribution >= 4 is 16.5 Å². The molecule has 17 heavy (non-hydrogen) atoms. The number of aromatic nitrogens is 2. The van der Waals surface area contributed by atoms with E-state index in [1.165, 1.54) is 0 Å². The number of anilines is 1. The fourth-order valence-corrected chi connectivity index (χ4v) is 2.75. The lowest BCUT2D eigenvalue weighted by Crippen LogP contribution is -2.30. The van der Waals surface area contributed by atoms with Crippen molar-refractivity contribution in [3.05, 3.63) is 39.8 Å². The summed E-state index contributed by atoms with van der Waals surface area (Å²) in [5, 5.41) is 16.2. The zero-order valence-electron chi connectivity index (χ0n) is 9.03. The summed E-state index contributed by atoms with van der Waals surface area (Å²) in [6.07, 6.45) is 0. The third-order valence-electron chi connectivity index (χ3n) is 3.46. The number of rotatable bonds is 0. The van der Waals surface area contributed by atoms with E-state index in [-0.39, 0.29) is 11.6 Å². The zero-order valence-corrected chi connectivity index (χ0v) is 9.03. The molecule has 5 nitrogen and oxygen atoms in total. The van der Waals surface area contributed by atoms with E-state index in [2.05, 4.69) is 20.8 Å². The number of nitrogens with zero attached hydrogens (tertiary/aromatic N) is 2. The standard InChI is InChI=1S/C12H10N4O/c17-12-6-2-1-3-7-10(6)11-8(14-7)4-13-5-9(11)15-16-12/h1-3,8,13-14H,4-5H2. The summed E-state index contributed by atoms with van der Waals surface area (Å²) in [5.74, 6) is 0. The van der Waals surface area contributed by atoms with Crippen LogP contribution in [-0.2, 0) is 6.54 Å². The van der Waals surface area contributed by atoms with Crippen molar-refractivity contribution < 1.29 is 0 Å². The van der Waals surface area contributed by atoms with Gasteiger partial charge in [0.25, 0.3) is 5.56 Å². The molecule has 1 aromatic heterocycles. The predicted octanol–water partition coefficient (Wildman–Crippen LogP) is 0.560. The molecule has 1 atom stereocenters. The molecular weight excluding hydrogens is 216 g/mol. The van der Waals surface area contributed by atoms with Crippen molar-refractivity contribution in [2.45, 2.75) is 12.6 Å². The van der Waals surface area contributed by atoms with Gasteiger partial charge < -0.3 is 10.6 Å². The Balaban J connectivity index is 2.29. The molecule has 2 N–H and O–H groups in total. The largest absolute Gasteiger partial charge is 0.376 e. The summed E-state index contributed by atoms with van der Waals surface area (Å²) < 4.78 is 0. The molecule has 1 unspecified atom stereocenters. The van der Waals surface area contributed by atoms with Crippen molar-refractivity contribution in [2.75, 3.05) is 11.9 Å². The van der Waals surface area contributed by atoms with E-state index in [0.29, 0.717) is 11.9 Å². The molecule has 0 saturated carbocycles. The molecule has 5 heteroatoms. The molecule has 0 fully saturated rings. The molecule has 1 aromatic carbocycles. The highest BCUT2D eigenvalue weighted by atomic mass is 16.1. The van der Waals surface area contributed by atoms with E-state index >= 15 is 0 Å². The molecule has 84 valence electrons. The smallest absolute Gasteiger partial charge is 0.296 e. The van der Waals surface area contributed by atoms with Crippen LogP contribution in [0.1, 0.15) is 17.3 Å². The third kappa shape index (κ3) is 1.09. The Morgan fingerprint density at radius 3 is 3.18 bits per heavy atom. The third-order valence-corrected chi connectivity index (χ3v) is 3.46. The van der Waals surface area contributed by atoms with Crippen LogP contribution < -0.4 is 16.2 Å². The van der Waals surface area contributed by atoms with E-state index in [1.807, 2.05) is 18.2 Å². The van der Waals surface area contributed by atoms with E-state index < -0.39 is 0 Å². The summed E-state index contributed by atoms with van der Waals surface area (Å²) in [6.45, 7) is 1.54. The second-order valence-corrected chi connectivity index (χ2v) is 4.42. The number of hydrogen-bond donors (Lipinski definition) is 2. The van der Waals surface area contributed by atoms with Crippen LogP contribution in [-0.4, -0.2) is 16.7 Å². The molecule has 2 aromatic rings. The van der Waals surface area contributed by atoms with Gasteiger partial charge in [-0.05, 0) is 12.1 Å². The van der Waals surface area contributed by atoms with Crippen LogP contribution in [0.5, 0.6) is 0 Å². The maximum absolute atomic E-state index is 11.9. The summed E-state index contributed by atoms with van der Waals surface area (Å²) in [6, 6.07) is 5.91. The summed E-state index contributed by atoms with van der Waals surface area (Å²) in [4.78, 5) is 11.9. The SMILES string of the molecule is O=c1nnc2c3c4c(cccc14)NC3CNC2. The Labute approximate surface area is 96.9 Å². The Kier molecular flexibility index (Phi) is 1.61. The number of benzene rings is 1. The second-order valence-electron chi connectivity index (χ2n) is 4.42. The van der Waals surface area contributed by atoms with Crippen LogP contribution >= 0.6 is 0 Å². The molecule has 4 rings (SSSR count).